The molecule has 4 N–H and O–H groups in total. The molecule has 0 atom stereocenters. The summed E-state index contributed by atoms with van der Waals surface area (Å²) in [5, 5.41) is 10.9. The van der Waals surface area contributed by atoms with E-state index in [2.05, 4.69) is 15.5 Å². The van der Waals surface area contributed by atoms with Gasteiger partial charge < -0.3 is 11.1 Å². The van der Waals surface area contributed by atoms with Gasteiger partial charge in [-0.3, -0.25) is 9.89 Å². The van der Waals surface area contributed by atoms with Gasteiger partial charge >= 0.3 is 0 Å². The lowest BCUT2D eigenvalue weighted by Gasteiger charge is -2.08. The second-order valence-electron chi connectivity index (χ2n) is 4.33. The second kappa shape index (κ2) is 4.86. The number of nitrogens with zero attached hydrogens (tertiary/aromatic N) is 1. The first-order valence-electron chi connectivity index (χ1n) is 5.93. The molecular formula is C14H11ClN4O. The van der Waals surface area contributed by atoms with Crippen molar-refractivity contribution in [1.29, 1.82) is 0 Å². The molecule has 0 aliphatic heterocycles. The van der Waals surface area contributed by atoms with Crippen molar-refractivity contribution in [2.24, 2.45) is 0 Å². The number of aromatic amines is 1. The van der Waals surface area contributed by atoms with Gasteiger partial charge in [0.1, 0.15) is 0 Å². The Kier molecular flexibility index (Phi) is 3.04. The molecule has 1 heterocycles. The van der Waals surface area contributed by atoms with Crippen molar-refractivity contribution in [3.63, 3.8) is 0 Å². The van der Waals surface area contributed by atoms with Gasteiger partial charge in [-0.05, 0) is 30.3 Å². The van der Waals surface area contributed by atoms with Crippen LogP contribution >= 0.6 is 11.6 Å². The summed E-state index contributed by atoms with van der Waals surface area (Å²) < 4.78 is 0. The van der Waals surface area contributed by atoms with Crippen LogP contribution in [0.2, 0.25) is 5.02 Å². The number of nitrogens with one attached hydrogen (secondary N) is 2. The minimum atomic E-state index is -0.302. The summed E-state index contributed by atoms with van der Waals surface area (Å²) in [6.45, 7) is 0. The molecule has 6 heteroatoms. The van der Waals surface area contributed by atoms with E-state index in [1.165, 1.54) is 0 Å². The van der Waals surface area contributed by atoms with Gasteiger partial charge in [0.2, 0.25) is 0 Å². The molecule has 3 rings (SSSR count). The summed E-state index contributed by atoms with van der Waals surface area (Å²) in [5.74, 6) is -0.302. The lowest BCUT2D eigenvalue weighted by atomic mass is 10.1. The van der Waals surface area contributed by atoms with Crippen molar-refractivity contribution in [2.45, 2.75) is 0 Å². The smallest absolute Gasteiger partial charge is 0.257 e. The third kappa shape index (κ3) is 2.19. The Hall–Kier alpha value is -2.53. The van der Waals surface area contributed by atoms with Crippen LogP contribution in [-0.4, -0.2) is 16.1 Å². The van der Waals surface area contributed by atoms with Crippen LogP contribution in [0, 0.1) is 0 Å². The van der Waals surface area contributed by atoms with E-state index >= 15 is 0 Å². The summed E-state index contributed by atoms with van der Waals surface area (Å²) in [4.78, 5) is 12.2. The lowest BCUT2D eigenvalue weighted by molar-refractivity contribution is 0.102. The van der Waals surface area contributed by atoms with Gasteiger partial charge in [-0.1, -0.05) is 17.7 Å². The van der Waals surface area contributed by atoms with Gasteiger partial charge in [0.15, 0.2) is 0 Å². The van der Waals surface area contributed by atoms with Gasteiger partial charge in [0.05, 0.1) is 28.0 Å². The monoisotopic (exact) mass is 286 g/mol. The molecule has 0 bridgehead atoms. The van der Waals surface area contributed by atoms with Gasteiger partial charge in [-0.15, -0.1) is 0 Å². The van der Waals surface area contributed by atoms with Crippen LogP contribution in [0.15, 0.2) is 42.6 Å². The Balaban J connectivity index is 1.90. The van der Waals surface area contributed by atoms with E-state index < -0.39 is 0 Å². The number of fused-ring (bicyclic) bond motifs is 1. The second-order valence-corrected chi connectivity index (χ2v) is 4.73. The number of benzene rings is 2. The number of halogens is 1. The molecule has 0 radical (unpaired) electrons. The standard InChI is InChI=1S/C14H11ClN4O/c15-11-3-1-2-10(13(11)16)14(20)18-9-5-4-8-7-17-19-12(8)6-9/h1-7H,16H2,(H,17,19)(H,18,20). The van der Waals surface area contributed by atoms with E-state index in [-0.39, 0.29) is 11.6 Å². The third-order valence-corrected chi connectivity index (χ3v) is 3.33. The number of anilines is 2. The number of nitrogen functional groups attached to an aromatic ring is 1. The number of amides is 1. The zero-order valence-corrected chi connectivity index (χ0v) is 11.1. The van der Waals surface area contributed by atoms with Gasteiger partial charge in [-0.2, -0.15) is 5.10 Å². The molecule has 0 unspecified atom stereocenters. The molecular weight excluding hydrogens is 276 g/mol. The van der Waals surface area contributed by atoms with Crippen LogP contribution in [0.25, 0.3) is 10.9 Å². The average Bonchev–Trinajstić information content (AvgIpc) is 2.89. The highest BCUT2D eigenvalue weighted by Gasteiger charge is 2.12. The summed E-state index contributed by atoms with van der Waals surface area (Å²) in [7, 11) is 0. The van der Waals surface area contributed by atoms with Crippen molar-refractivity contribution in [1.82, 2.24) is 10.2 Å². The Morgan fingerprint density at radius 3 is 3.00 bits per heavy atom. The van der Waals surface area contributed by atoms with Crippen LogP contribution < -0.4 is 11.1 Å². The van der Waals surface area contributed by atoms with Crippen LogP contribution in [0.1, 0.15) is 10.4 Å². The van der Waals surface area contributed by atoms with Crippen molar-refractivity contribution in [3.05, 3.63) is 53.2 Å². The number of rotatable bonds is 2. The number of H-pyrrole nitrogens is 1. The number of nitrogens with two attached hydrogens (primary N) is 1. The van der Waals surface area contributed by atoms with E-state index in [4.69, 9.17) is 17.3 Å². The van der Waals surface area contributed by atoms with Gasteiger partial charge in [0.25, 0.3) is 5.91 Å². The minimum Gasteiger partial charge on any atom is -0.397 e. The van der Waals surface area contributed by atoms with Crippen molar-refractivity contribution >= 4 is 39.8 Å². The molecule has 20 heavy (non-hydrogen) atoms. The molecule has 0 aliphatic carbocycles. The Bertz CT molecular complexity index is 797. The van der Waals surface area contributed by atoms with E-state index in [0.29, 0.717) is 16.3 Å². The normalized spacial score (nSPS) is 10.7. The van der Waals surface area contributed by atoms with E-state index in [1.54, 1.807) is 36.5 Å². The van der Waals surface area contributed by atoms with Crippen LogP contribution in [-0.2, 0) is 0 Å². The predicted octanol–water partition coefficient (Wildman–Crippen LogP) is 3.05. The Morgan fingerprint density at radius 1 is 1.30 bits per heavy atom. The summed E-state index contributed by atoms with van der Waals surface area (Å²) in [5.41, 5.74) is 7.93. The molecule has 2 aromatic carbocycles. The Labute approximate surface area is 119 Å². The predicted molar refractivity (Wildman–Crippen MR) is 79.9 cm³/mol. The molecule has 1 amide bonds. The molecule has 100 valence electrons. The van der Waals surface area contributed by atoms with Crippen molar-refractivity contribution in [3.8, 4) is 0 Å². The molecule has 0 aliphatic rings. The summed E-state index contributed by atoms with van der Waals surface area (Å²) >= 11 is 5.91. The number of carbonyl (C=O) groups is 1. The quantitative estimate of drug-likeness (QED) is 0.633. The maximum Gasteiger partial charge on any atom is 0.257 e. The van der Waals surface area contributed by atoms with Crippen molar-refractivity contribution < 1.29 is 4.79 Å². The highest BCUT2D eigenvalue weighted by molar-refractivity contribution is 6.34. The third-order valence-electron chi connectivity index (χ3n) is 3.00. The SMILES string of the molecule is Nc1c(Cl)cccc1C(=O)Nc1ccc2cn[nH]c2c1. The van der Waals surface area contributed by atoms with Crippen LogP contribution in [0.4, 0.5) is 11.4 Å². The maximum atomic E-state index is 12.2. The molecule has 0 spiro atoms. The number of hydrogen-bond donors (Lipinski definition) is 3. The summed E-state index contributed by atoms with van der Waals surface area (Å²) in [6, 6.07) is 10.4. The lowest BCUT2D eigenvalue weighted by Crippen LogP contribution is -2.14. The summed E-state index contributed by atoms with van der Waals surface area (Å²) in [6.07, 6.45) is 1.72. The molecule has 3 aromatic rings. The molecule has 5 nitrogen and oxygen atoms in total. The molecule has 0 fully saturated rings. The number of aromatic nitrogens is 2. The fourth-order valence-electron chi connectivity index (χ4n) is 1.95. The minimum absolute atomic E-state index is 0.272. The topological polar surface area (TPSA) is 83.8 Å². The zero-order chi connectivity index (χ0) is 14.1. The van der Waals surface area contributed by atoms with Crippen molar-refractivity contribution in [2.75, 3.05) is 11.1 Å². The van der Waals surface area contributed by atoms with Crippen LogP contribution in [0.5, 0.6) is 0 Å². The fourth-order valence-corrected chi connectivity index (χ4v) is 2.12. The Morgan fingerprint density at radius 2 is 2.15 bits per heavy atom. The van der Waals surface area contributed by atoms with E-state index in [9.17, 15) is 4.79 Å². The molecule has 0 saturated heterocycles. The number of hydrogen-bond acceptors (Lipinski definition) is 3. The molecule has 1 aromatic heterocycles. The first-order chi connectivity index (χ1) is 9.65. The first-order valence-corrected chi connectivity index (χ1v) is 6.31. The maximum absolute atomic E-state index is 12.2. The fraction of sp³-hybridized carbons (Fsp3) is 0. The highest BCUT2D eigenvalue weighted by atomic mass is 35.5. The van der Waals surface area contributed by atoms with Crippen LogP contribution in [0.3, 0.4) is 0 Å². The van der Waals surface area contributed by atoms with Gasteiger partial charge in [0, 0.05) is 11.1 Å². The van der Waals surface area contributed by atoms with Gasteiger partial charge in [-0.25, -0.2) is 0 Å². The zero-order valence-electron chi connectivity index (χ0n) is 10.4. The largest absolute Gasteiger partial charge is 0.397 e. The average molecular weight is 287 g/mol. The molecule has 0 saturated carbocycles. The van der Waals surface area contributed by atoms with E-state index in [0.717, 1.165) is 10.9 Å². The first kappa shape index (κ1) is 12.5. The van der Waals surface area contributed by atoms with E-state index in [1.807, 2.05) is 6.07 Å². The highest BCUT2D eigenvalue weighted by Crippen LogP contribution is 2.24. The number of para-hydroxylation sites is 1. The number of carbonyl (C=O) groups excluding carboxylic acids is 1.